The van der Waals surface area contributed by atoms with Gasteiger partial charge in [-0.2, -0.15) is 0 Å². The molecule has 1 rings (SSSR count). The molecule has 0 spiro atoms. The molecule has 0 amide bonds. The highest BCUT2D eigenvalue weighted by Crippen LogP contribution is 2.19. The minimum atomic E-state index is -0.733. The van der Waals surface area contributed by atoms with Crippen molar-refractivity contribution in [3.05, 3.63) is 0 Å². The molecule has 1 saturated heterocycles. The summed E-state index contributed by atoms with van der Waals surface area (Å²) in [5.74, 6) is -0.733. The molecule has 0 radical (unpaired) electrons. The van der Waals surface area contributed by atoms with Gasteiger partial charge in [-0.25, -0.2) is 0 Å². The Hall–Kier alpha value is -0.650. The largest absolute Gasteiger partial charge is 0.481 e. The zero-order valence-corrected chi connectivity index (χ0v) is 8.89. The second kappa shape index (κ2) is 6.76. The number of likely N-dealkylation sites (tertiary alicyclic amines) is 1. The monoisotopic (exact) mass is 217 g/mol. The van der Waals surface area contributed by atoms with Crippen molar-refractivity contribution in [2.75, 3.05) is 32.9 Å². The fraction of sp³-hybridized carbons (Fsp3) is 0.900. The lowest BCUT2D eigenvalue weighted by Crippen LogP contribution is -2.34. The molecule has 0 aromatic heterocycles. The van der Waals surface area contributed by atoms with Crippen LogP contribution in [0.3, 0.4) is 0 Å². The van der Waals surface area contributed by atoms with Gasteiger partial charge in [0.05, 0.1) is 26.2 Å². The molecule has 1 aliphatic heterocycles. The van der Waals surface area contributed by atoms with Crippen molar-refractivity contribution < 1.29 is 19.7 Å². The third-order valence-electron chi connectivity index (χ3n) is 2.67. The summed E-state index contributed by atoms with van der Waals surface area (Å²) in [6, 6.07) is 0.167. The number of rotatable bonds is 7. The molecule has 1 unspecified atom stereocenters. The molecule has 5 nitrogen and oxygen atoms in total. The summed E-state index contributed by atoms with van der Waals surface area (Å²) in [5, 5.41) is 17.2. The predicted molar refractivity (Wildman–Crippen MR) is 54.8 cm³/mol. The number of nitrogens with zero attached hydrogens (tertiary/aromatic N) is 1. The molecule has 0 saturated carbocycles. The van der Waals surface area contributed by atoms with Crippen LogP contribution in [-0.2, 0) is 9.53 Å². The smallest absolute Gasteiger partial charge is 0.304 e. The van der Waals surface area contributed by atoms with Crippen LogP contribution in [0.15, 0.2) is 0 Å². The summed E-state index contributed by atoms with van der Waals surface area (Å²) < 4.78 is 5.16. The van der Waals surface area contributed by atoms with E-state index in [0.717, 1.165) is 25.9 Å². The van der Waals surface area contributed by atoms with E-state index in [-0.39, 0.29) is 19.1 Å². The average molecular weight is 217 g/mol. The molecule has 0 aliphatic carbocycles. The Balaban J connectivity index is 2.18. The fourth-order valence-corrected chi connectivity index (χ4v) is 1.97. The molecule has 0 aromatic carbocycles. The Morgan fingerprint density at radius 2 is 2.27 bits per heavy atom. The van der Waals surface area contributed by atoms with E-state index in [2.05, 4.69) is 4.90 Å². The Morgan fingerprint density at radius 3 is 2.93 bits per heavy atom. The second-order valence-corrected chi connectivity index (χ2v) is 3.77. The van der Waals surface area contributed by atoms with Gasteiger partial charge in [-0.3, -0.25) is 9.69 Å². The third kappa shape index (κ3) is 4.59. The van der Waals surface area contributed by atoms with E-state index in [4.69, 9.17) is 14.9 Å². The Morgan fingerprint density at radius 1 is 1.47 bits per heavy atom. The molecule has 0 aromatic rings. The van der Waals surface area contributed by atoms with Gasteiger partial charge in [0, 0.05) is 12.6 Å². The van der Waals surface area contributed by atoms with Crippen LogP contribution >= 0.6 is 0 Å². The first kappa shape index (κ1) is 12.4. The summed E-state index contributed by atoms with van der Waals surface area (Å²) >= 11 is 0. The Bertz CT molecular complexity index is 198. The normalized spacial score (nSPS) is 22.1. The van der Waals surface area contributed by atoms with E-state index in [9.17, 15) is 4.79 Å². The van der Waals surface area contributed by atoms with Crippen molar-refractivity contribution in [1.82, 2.24) is 4.90 Å². The van der Waals surface area contributed by atoms with Gasteiger partial charge in [0.25, 0.3) is 0 Å². The van der Waals surface area contributed by atoms with Gasteiger partial charge in [0.1, 0.15) is 0 Å². The van der Waals surface area contributed by atoms with E-state index < -0.39 is 5.97 Å². The molecule has 1 heterocycles. The highest BCUT2D eigenvalue weighted by Gasteiger charge is 2.25. The lowest BCUT2D eigenvalue weighted by atomic mass is 10.1. The number of aliphatic hydroxyl groups is 1. The summed E-state index contributed by atoms with van der Waals surface area (Å²) in [7, 11) is 0. The number of aliphatic carboxylic acids is 1. The van der Waals surface area contributed by atoms with Crippen LogP contribution in [0, 0.1) is 0 Å². The van der Waals surface area contributed by atoms with Crippen LogP contribution in [0.25, 0.3) is 0 Å². The number of carboxylic acid groups (broad SMARTS) is 1. The first-order valence-corrected chi connectivity index (χ1v) is 5.38. The van der Waals surface area contributed by atoms with E-state index in [1.807, 2.05) is 0 Å². The Labute approximate surface area is 89.6 Å². The van der Waals surface area contributed by atoms with E-state index in [1.165, 1.54) is 0 Å². The molecule has 15 heavy (non-hydrogen) atoms. The van der Waals surface area contributed by atoms with Crippen molar-refractivity contribution in [1.29, 1.82) is 0 Å². The van der Waals surface area contributed by atoms with Crippen LogP contribution in [0.5, 0.6) is 0 Å². The molecule has 88 valence electrons. The molecule has 0 bridgehead atoms. The van der Waals surface area contributed by atoms with E-state index >= 15 is 0 Å². The lowest BCUT2D eigenvalue weighted by Gasteiger charge is -2.22. The molecule has 5 heteroatoms. The topological polar surface area (TPSA) is 70.0 Å². The number of aliphatic hydroxyl groups excluding tert-OH is 1. The molecular weight excluding hydrogens is 198 g/mol. The molecule has 2 N–H and O–H groups in total. The summed E-state index contributed by atoms with van der Waals surface area (Å²) in [5.41, 5.74) is 0. The van der Waals surface area contributed by atoms with Crippen molar-refractivity contribution in [2.24, 2.45) is 0 Å². The van der Waals surface area contributed by atoms with E-state index in [0.29, 0.717) is 13.2 Å². The van der Waals surface area contributed by atoms with Gasteiger partial charge in [-0.1, -0.05) is 0 Å². The maximum atomic E-state index is 10.6. The second-order valence-electron chi connectivity index (χ2n) is 3.77. The number of hydrogen-bond acceptors (Lipinski definition) is 4. The Kier molecular flexibility index (Phi) is 5.60. The van der Waals surface area contributed by atoms with Crippen LogP contribution in [0.1, 0.15) is 19.3 Å². The zero-order valence-electron chi connectivity index (χ0n) is 8.89. The minimum absolute atomic E-state index is 0.0402. The highest BCUT2D eigenvalue weighted by atomic mass is 16.5. The zero-order chi connectivity index (χ0) is 11.1. The maximum Gasteiger partial charge on any atom is 0.304 e. The highest BCUT2D eigenvalue weighted by molar-refractivity contribution is 5.67. The van der Waals surface area contributed by atoms with Crippen molar-refractivity contribution in [3.8, 4) is 0 Å². The molecule has 1 fully saturated rings. The quantitative estimate of drug-likeness (QED) is 0.584. The van der Waals surface area contributed by atoms with Crippen molar-refractivity contribution in [2.45, 2.75) is 25.3 Å². The first-order valence-electron chi connectivity index (χ1n) is 5.38. The van der Waals surface area contributed by atoms with Crippen LogP contribution in [0.4, 0.5) is 0 Å². The third-order valence-corrected chi connectivity index (χ3v) is 2.67. The standard InChI is InChI=1S/C10H19NO4/c12-5-7-15-6-4-11-3-1-2-9(11)8-10(13)14/h9,12H,1-8H2,(H,13,14). The molecule has 1 aliphatic rings. The fourth-order valence-electron chi connectivity index (χ4n) is 1.97. The van der Waals surface area contributed by atoms with Gasteiger partial charge in [-0.15, -0.1) is 0 Å². The lowest BCUT2D eigenvalue weighted by molar-refractivity contribution is -0.138. The summed E-state index contributed by atoms with van der Waals surface area (Å²) in [4.78, 5) is 12.7. The van der Waals surface area contributed by atoms with Gasteiger partial charge >= 0.3 is 5.97 Å². The number of carbonyl (C=O) groups is 1. The number of hydrogen-bond donors (Lipinski definition) is 2. The van der Waals surface area contributed by atoms with Crippen LogP contribution in [-0.4, -0.2) is 60.0 Å². The SMILES string of the molecule is O=C(O)CC1CCCN1CCOCCO. The maximum absolute atomic E-state index is 10.6. The minimum Gasteiger partial charge on any atom is -0.481 e. The van der Waals surface area contributed by atoms with Gasteiger partial charge in [-0.05, 0) is 19.4 Å². The summed E-state index contributed by atoms with van der Waals surface area (Å²) in [6.45, 7) is 2.69. The number of ether oxygens (including phenoxy) is 1. The van der Waals surface area contributed by atoms with Crippen LogP contribution < -0.4 is 0 Å². The van der Waals surface area contributed by atoms with E-state index in [1.54, 1.807) is 0 Å². The summed E-state index contributed by atoms with van der Waals surface area (Å²) in [6.07, 6.45) is 2.25. The molecular formula is C10H19NO4. The first-order chi connectivity index (χ1) is 7.24. The number of carboxylic acids is 1. The molecule has 1 atom stereocenters. The predicted octanol–water partition coefficient (Wildman–Crippen LogP) is -0.0656. The average Bonchev–Trinajstić information content (AvgIpc) is 2.59. The van der Waals surface area contributed by atoms with Gasteiger partial charge in [0.15, 0.2) is 0 Å². The van der Waals surface area contributed by atoms with Crippen LogP contribution in [0.2, 0.25) is 0 Å². The van der Waals surface area contributed by atoms with Gasteiger partial charge in [0.2, 0.25) is 0 Å². The van der Waals surface area contributed by atoms with Crippen molar-refractivity contribution in [3.63, 3.8) is 0 Å². The van der Waals surface area contributed by atoms with Crippen molar-refractivity contribution >= 4 is 5.97 Å². The van der Waals surface area contributed by atoms with Gasteiger partial charge < -0.3 is 14.9 Å².